The van der Waals surface area contributed by atoms with Gasteiger partial charge in [0, 0.05) is 6.42 Å². The molecule has 0 spiro atoms. The van der Waals surface area contributed by atoms with Crippen molar-refractivity contribution in [3.05, 3.63) is 0 Å². The summed E-state index contributed by atoms with van der Waals surface area (Å²) < 4.78 is 32.3. The highest BCUT2D eigenvalue weighted by Gasteiger charge is 2.03. The summed E-state index contributed by atoms with van der Waals surface area (Å²) in [6.45, 7) is 11.3. The topological polar surface area (TPSA) is 72.5 Å². The van der Waals surface area contributed by atoms with Gasteiger partial charge in [0.15, 0.2) is 0 Å². The minimum Gasteiger partial charge on any atom is -0.463 e. The molecular formula is C29H58O7. The monoisotopic (exact) mass is 518 g/mol. The van der Waals surface area contributed by atoms with E-state index in [1.54, 1.807) is 0 Å². The molecule has 0 aromatic rings. The van der Waals surface area contributed by atoms with Crippen molar-refractivity contribution in [2.75, 3.05) is 66.1 Å². The third kappa shape index (κ3) is 31.3. The fraction of sp³-hybridized carbons (Fsp3) is 0.966. The van der Waals surface area contributed by atoms with Gasteiger partial charge in [-0.25, -0.2) is 0 Å². The first-order valence-electron chi connectivity index (χ1n) is 14.7. The predicted molar refractivity (Wildman–Crippen MR) is 146 cm³/mol. The molecule has 0 N–H and O–H groups in total. The van der Waals surface area contributed by atoms with E-state index < -0.39 is 0 Å². The van der Waals surface area contributed by atoms with Crippen molar-refractivity contribution in [1.82, 2.24) is 0 Å². The van der Waals surface area contributed by atoms with E-state index in [2.05, 4.69) is 6.92 Å². The zero-order chi connectivity index (χ0) is 26.4. The molecule has 0 aromatic carbocycles. The zero-order valence-corrected chi connectivity index (χ0v) is 23.9. The van der Waals surface area contributed by atoms with Crippen LogP contribution in [0.25, 0.3) is 0 Å². The Morgan fingerprint density at radius 3 is 1.28 bits per heavy atom. The number of hydrogen-bond donors (Lipinski definition) is 0. The lowest BCUT2D eigenvalue weighted by atomic mass is 10.0. The molecule has 0 atom stereocenters. The van der Waals surface area contributed by atoms with E-state index in [0.29, 0.717) is 72.5 Å². The van der Waals surface area contributed by atoms with Crippen molar-refractivity contribution in [2.45, 2.75) is 117 Å². The first-order valence-corrected chi connectivity index (χ1v) is 14.7. The fourth-order valence-electron chi connectivity index (χ4n) is 3.68. The van der Waals surface area contributed by atoms with Gasteiger partial charge in [0.1, 0.15) is 6.61 Å². The summed E-state index contributed by atoms with van der Waals surface area (Å²) in [5.41, 5.74) is 0. The van der Waals surface area contributed by atoms with Crippen molar-refractivity contribution in [2.24, 2.45) is 0 Å². The van der Waals surface area contributed by atoms with E-state index >= 15 is 0 Å². The summed E-state index contributed by atoms with van der Waals surface area (Å²) in [4.78, 5) is 11.8. The lowest BCUT2D eigenvalue weighted by Crippen LogP contribution is -2.15. The average Bonchev–Trinajstić information content (AvgIpc) is 2.86. The van der Waals surface area contributed by atoms with Gasteiger partial charge in [-0.2, -0.15) is 0 Å². The molecule has 0 aliphatic carbocycles. The first-order chi connectivity index (χ1) is 17.7. The lowest BCUT2D eigenvalue weighted by Gasteiger charge is -2.09. The molecule has 216 valence electrons. The Hall–Kier alpha value is -0.730. The maximum absolute atomic E-state index is 11.8. The summed E-state index contributed by atoms with van der Waals surface area (Å²) in [6, 6.07) is 0. The smallest absolute Gasteiger partial charge is 0.305 e. The molecule has 7 nitrogen and oxygen atoms in total. The molecule has 0 unspecified atom stereocenters. The standard InChI is InChI=1S/C29H58O7/c1-4-5-6-7-8-9-10-11-12-13-14-15-16-17-29(30)36-27-25-34-23-21-32-19-18-31-20-22-33-24-26-35-28(2)3/h28H,4-27H2,1-3H3. The molecule has 7 heteroatoms. The summed E-state index contributed by atoms with van der Waals surface area (Å²) in [5.74, 6) is -0.119. The van der Waals surface area contributed by atoms with Crippen molar-refractivity contribution < 1.29 is 33.2 Å². The van der Waals surface area contributed by atoms with Crippen molar-refractivity contribution in [3.63, 3.8) is 0 Å². The third-order valence-corrected chi connectivity index (χ3v) is 5.77. The van der Waals surface area contributed by atoms with Gasteiger partial charge in [0.25, 0.3) is 0 Å². The summed E-state index contributed by atoms with van der Waals surface area (Å²) in [6.07, 6.45) is 17.7. The quantitative estimate of drug-likeness (QED) is 0.0793. The highest BCUT2D eigenvalue weighted by molar-refractivity contribution is 5.69. The van der Waals surface area contributed by atoms with Gasteiger partial charge in [-0.3, -0.25) is 4.79 Å². The van der Waals surface area contributed by atoms with E-state index in [9.17, 15) is 4.79 Å². The maximum atomic E-state index is 11.8. The molecule has 0 amide bonds. The summed E-state index contributed by atoms with van der Waals surface area (Å²) >= 11 is 0. The van der Waals surface area contributed by atoms with Crippen molar-refractivity contribution in [3.8, 4) is 0 Å². The average molecular weight is 519 g/mol. The third-order valence-electron chi connectivity index (χ3n) is 5.77. The van der Waals surface area contributed by atoms with E-state index in [1.165, 1.54) is 70.6 Å². The van der Waals surface area contributed by atoms with E-state index in [0.717, 1.165) is 12.8 Å². The van der Waals surface area contributed by atoms with Gasteiger partial charge < -0.3 is 28.4 Å². The van der Waals surface area contributed by atoms with E-state index in [1.807, 2.05) is 13.8 Å². The van der Waals surface area contributed by atoms with Crippen LogP contribution < -0.4 is 0 Å². The first kappa shape index (κ1) is 35.3. The molecule has 0 aromatic heterocycles. The number of unbranched alkanes of at least 4 members (excludes halogenated alkanes) is 12. The van der Waals surface area contributed by atoms with E-state index in [-0.39, 0.29) is 12.1 Å². The molecule has 0 fully saturated rings. The van der Waals surface area contributed by atoms with E-state index in [4.69, 9.17) is 28.4 Å². The number of carbonyl (C=O) groups excluding carboxylic acids is 1. The Kier molecular flexibility index (Phi) is 29.9. The highest BCUT2D eigenvalue weighted by Crippen LogP contribution is 2.13. The normalized spacial score (nSPS) is 11.4. The second-order valence-corrected chi connectivity index (χ2v) is 9.58. The number of carbonyl (C=O) groups is 1. The van der Waals surface area contributed by atoms with Gasteiger partial charge in [0.05, 0.1) is 65.6 Å². The van der Waals surface area contributed by atoms with Crippen LogP contribution in [0.4, 0.5) is 0 Å². The van der Waals surface area contributed by atoms with Crippen LogP contribution in [0.1, 0.15) is 111 Å². The molecule has 0 aliphatic rings. The van der Waals surface area contributed by atoms with Crippen LogP contribution >= 0.6 is 0 Å². The van der Waals surface area contributed by atoms with Crippen LogP contribution in [-0.4, -0.2) is 78.1 Å². The van der Waals surface area contributed by atoms with Crippen LogP contribution in [-0.2, 0) is 33.2 Å². The zero-order valence-electron chi connectivity index (χ0n) is 23.9. The van der Waals surface area contributed by atoms with Gasteiger partial charge in [-0.1, -0.05) is 84.0 Å². The number of rotatable bonds is 30. The molecule has 0 radical (unpaired) electrons. The molecule has 0 saturated heterocycles. The van der Waals surface area contributed by atoms with Crippen LogP contribution in [0.5, 0.6) is 0 Å². The fourth-order valence-corrected chi connectivity index (χ4v) is 3.68. The van der Waals surface area contributed by atoms with Crippen LogP contribution in [0.3, 0.4) is 0 Å². The minimum atomic E-state index is -0.119. The predicted octanol–water partition coefficient (Wildman–Crippen LogP) is 6.50. The van der Waals surface area contributed by atoms with Crippen LogP contribution in [0.2, 0.25) is 0 Å². The van der Waals surface area contributed by atoms with Crippen LogP contribution in [0.15, 0.2) is 0 Å². The number of ether oxygens (including phenoxy) is 6. The summed E-state index contributed by atoms with van der Waals surface area (Å²) in [5, 5.41) is 0. The SMILES string of the molecule is CCCCCCCCCCCCCCCC(=O)OCCOCCOCCOCCOCCOC(C)C. The minimum absolute atomic E-state index is 0.119. The lowest BCUT2D eigenvalue weighted by molar-refractivity contribution is -0.145. The molecule has 0 rings (SSSR count). The van der Waals surface area contributed by atoms with Crippen molar-refractivity contribution >= 4 is 5.97 Å². The maximum Gasteiger partial charge on any atom is 0.305 e. The Morgan fingerprint density at radius 2 is 0.861 bits per heavy atom. The van der Waals surface area contributed by atoms with Gasteiger partial charge in [0.2, 0.25) is 0 Å². The molecule has 0 aliphatic heterocycles. The second kappa shape index (κ2) is 30.5. The number of hydrogen-bond acceptors (Lipinski definition) is 7. The van der Waals surface area contributed by atoms with Gasteiger partial charge >= 0.3 is 5.97 Å². The molecule has 36 heavy (non-hydrogen) atoms. The Bertz CT molecular complexity index is 432. The van der Waals surface area contributed by atoms with Gasteiger partial charge in [-0.05, 0) is 20.3 Å². The largest absolute Gasteiger partial charge is 0.463 e. The highest BCUT2D eigenvalue weighted by atomic mass is 16.6. The molecule has 0 bridgehead atoms. The van der Waals surface area contributed by atoms with Gasteiger partial charge in [-0.15, -0.1) is 0 Å². The van der Waals surface area contributed by atoms with Crippen molar-refractivity contribution in [1.29, 1.82) is 0 Å². The Balaban J connectivity index is 3.15. The second-order valence-electron chi connectivity index (χ2n) is 9.58. The molecular weight excluding hydrogens is 460 g/mol. The Morgan fingerprint density at radius 1 is 0.500 bits per heavy atom. The molecule has 0 saturated carbocycles. The van der Waals surface area contributed by atoms with Crippen LogP contribution in [0, 0.1) is 0 Å². The summed E-state index contributed by atoms with van der Waals surface area (Å²) in [7, 11) is 0. The Labute approximate surface area is 222 Å². The number of esters is 1. The molecule has 0 heterocycles.